The van der Waals surface area contributed by atoms with Gasteiger partial charge in [-0.2, -0.15) is 0 Å². The summed E-state index contributed by atoms with van der Waals surface area (Å²) in [5, 5.41) is 13.6. The van der Waals surface area contributed by atoms with E-state index in [-0.39, 0.29) is 22.7 Å². The lowest BCUT2D eigenvalue weighted by atomic mass is 9.58. The summed E-state index contributed by atoms with van der Waals surface area (Å²) < 4.78 is 29.7. The van der Waals surface area contributed by atoms with Crippen molar-refractivity contribution in [2.75, 3.05) is 20.1 Å². The standard InChI is InChI=1S/C31H28F2N4O2/c1-18-11-19(7-8-20-14-31(15-20)16-37(2)17-31)12-25(34-18)30(39)36-28(23-13-21(32)9-10-26(23)38)29-27(33)22-5-3-4-6-24(22)35-29/h3-6,9-13,20,28,35,38H,14-17H2,1-2H3,(H,36,39)/t28-/m0/s1. The molecule has 198 valence electrons. The minimum atomic E-state index is -1.20. The summed E-state index contributed by atoms with van der Waals surface area (Å²) >= 11 is 0. The van der Waals surface area contributed by atoms with Gasteiger partial charge in [-0.25, -0.2) is 13.8 Å². The molecule has 2 fully saturated rings. The number of benzene rings is 2. The highest BCUT2D eigenvalue weighted by atomic mass is 19.1. The van der Waals surface area contributed by atoms with E-state index < -0.39 is 23.6 Å². The number of carbonyl (C=O) groups excluding carboxylic acids is 1. The number of nitrogens with zero attached hydrogens (tertiary/aromatic N) is 2. The lowest BCUT2D eigenvalue weighted by molar-refractivity contribution is -0.0651. The van der Waals surface area contributed by atoms with Crippen LogP contribution in [-0.2, 0) is 0 Å². The predicted molar refractivity (Wildman–Crippen MR) is 144 cm³/mol. The Morgan fingerprint density at radius 1 is 1.18 bits per heavy atom. The fourth-order valence-electron chi connectivity index (χ4n) is 6.08. The van der Waals surface area contributed by atoms with Crippen molar-refractivity contribution in [2.24, 2.45) is 11.3 Å². The van der Waals surface area contributed by atoms with Gasteiger partial charge in [0.05, 0.1) is 5.69 Å². The molecule has 2 aliphatic rings. The fraction of sp³-hybridized carbons (Fsp3) is 0.290. The second-order valence-corrected chi connectivity index (χ2v) is 10.9. The molecular formula is C31H28F2N4O2. The SMILES string of the molecule is Cc1cc(C#CC2CC3(C2)CN(C)C3)cc(C(=O)N[C@@H](c2cc(F)ccc2O)c2[nH]c3ccccc3c2F)n1. The number of halogens is 2. The number of hydrogen-bond acceptors (Lipinski definition) is 4. The number of para-hydroxylation sites is 1. The molecule has 3 N–H and O–H groups in total. The number of hydrogen-bond donors (Lipinski definition) is 3. The molecule has 1 aliphatic heterocycles. The molecule has 1 atom stereocenters. The number of carbonyl (C=O) groups is 1. The molecule has 1 saturated heterocycles. The second-order valence-electron chi connectivity index (χ2n) is 10.9. The van der Waals surface area contributed by atoms with Gasteiger partial charge in [0.2, 0.25) is 0 Å². The Balaban J connectivity index is 1.30. The van der Waals surface area contributed by atoms with Crippen LogP contribution in [0.25, 0.3) is 10.9 Å². The maximum absolute atomic E-state index is 15.5. The summed E-state index contributed by atoms with van der Waals surface area (Å²) in [6.07, 6.45) is 2.19. The fourth-order valence-corrected chi connectivity index (χ4v) is 6.08. The van der Waals surface area contributed by atoms with Crippen molar-refractivity contribution in [2.45, 2.75) is 25.8 Å². The predicted octanol–water partition coefficient (Wildman–Crippen LogP) is 5.07. The molecule has 1 spiro atoms. The summed E-state index contributed by atoms with van der Waals surface area (Å²) in [5.74, 6) is 4.77. The van der Waals surface area contributed by atoms with Crippen molar-refractivity contribution in [3.05, 3.63) is 94.4 Å². The van der Waals surface area contributed by atoms with Gasteiger partial charge in [0.25, 0.3) is 5.91 Å². The molecule has 0 radical (unpaired) electrons. The van der Waals surface area contributed by atoms with Gasteiger partial charge < -0.3 is 20.3 Å². The van der Waals surface area contributed by atoms with Crippen LogP contribution in [0.1, 0.15) is 51.9 Å². The van der Waals surface area contributed by atoms with Crippen LogP contribution in [-0.4, -0.2) is 46.0 Å². The van der Waals surface area contributed by atoms with Gasteiger partial charge in [0, 0.05) is 46.7 Å². The van der Waals surface area contributed by atoms with Gasteiger partial charge in [-0.15, -0.1) is 0 Å². The molecule has 39 heavy (non-hydrogen) atoms. The maximum atomic E-state index is 15.5. The molecule has 8 heteroatoms. The Morgan fingerprint density at radius 2 is 1.95 bits per heavy atom. The topological polar surface area (TPSA) is 81.3 Å². The Labute approximate surface area is 225 Å². The van der Waals surface area contributed by atoms with Gasteiger partial charge in [0.15, 0.2) is 5.82 Å². The van der Waals surface area contributed by atoms with Crippen molar-refractivity contribution in [3.8, 4) is 17.6 Å². The number of H-pyrrole nitrogens is 1. The molecule has 2 aromatic carbocycles. The molecule has 1 amide bonds. The maximum Gasteiger partial charge on any atom is 0.270 e. The summed E-state index contributed by atoms with van der Waals surface area (Å²) in [7, 11) is 2.13. The van der Waals surface area contributed by atoms with Crippen molar-refractivity contribution in [3.63, 3.8) is 0 Å². The first-order valence-electron chi connectivity index (χ1n) is 12.9. The Morgan fingerprint density at radius 3 is 2.69 bits per heavy atom. The van der Waals surface area contributed by atoms with E-state index >= 15 is 4.39 Å². The molecule has 4 aromatic rings. The van der Waals surface area contributed by atoms with Gasteiger partial charge in [-0.3, -0.25) is 4.79 Å². The number of aromatic hydroxyl groups is 1. The molecule has 2 aromatic heterocycles. The van der Waals surface area contributed by atoms with Crippen LogP contribution < -0.4 is 5.32 Å². The normalized spacial score (nSPS) is 17.2. The van der Waals surface area contributed by atoms with Crippen LogP contribution in [0.5, 0.6) is 5.75 Å². The summed E-state index contributed by atoms with van der Waals surface area (Å²) in [6.45, 7) is 4.03. The lowest BCUT2D eigenvalue weighted by Gasteiger charge is -2.57. The highest BCUT2D eigenvalue weighted by Gasteiger charge is 2.50. The summed E-state index contributed by atoms with van der Waals surface area (Å²) in [5.41, 5.74) is 2.34. The molecule has 6 nitrogen and oxygen atoms in total. The number of aryl methyl sites for hydroxylation is 1. The molecular weight excluding hydrogens is 498 g/mol. The van der Waals surface area contributed by atoms with Gasteiger partial charge >= 0.3 is 0 Å². The smallest absolute Gasteiger partial charge is 0.270 e. The van der Waals surface area contributed by atoms with Crippen molar-refractivity contribution in [1.29, 1.82) is 0 Å². The summed E-state index contributed by atoms with van der Waals surface area (Å²) in [6, 6.07) is 12.3. The van der Waals surface area contributed by atoms with Crippen molar-refractivity contribution < 1.29 is 18.7 Å². The highest BCUT2D eigenvalue weighted by Crippen LogP contribution is 2.51. The van der Waals surface area contributed by atoms with Crippen LogP contribution in [0.3, 0.4) is 0 Å². The number of phenolic OH excluding ortho intramolecular Hbond substituents is 1. The largest absolute Gasteiger partial charge is 0.508 e. The quantitative estimate of drug-likeness (QED) is 0.325. The van der Waals surface area contributed by atoms with E-state index in [9.17, 15) is 14.3 Å². The van der Waals surface area contributed by atoms with E-state index in [2.05, 4.69) is 39.1 Å². The number of likely N-dealkylation sites (tertiary alicyclic amines) is 1. The first-order valence-corrected chi connectivity index (χ1v) is 12.9. The van der Waals surface area contributed by atoms with Crippen LogP contribution in [0, 0.1) is 41.7 Å². The monoisotopic (exact) mass is 526 g/mol. The van der Waals surface area contributed by atoms with Crippen LogP contribution in [0.2, 0.25) is 0 Å². The average Bonchev–Trinajstić information content (AvgIpc) is 3.20. The first-order chi connectivity index (χ1) is 18.7. The van der Waals surface area contributed by atoms with Gasteiger partial charge in [-0.05, 0) is 74.7 Å². The Hall–Kier alpha value is -4.22. The average molecular weight is 527 g/mol. The van der Waals surface area contributed by atoms with Gasteiger partial charge in [-0.1, -0.05) is 24.0 Å². The van der Waals surface area contributed by atoms with E-state index in [4.69, 9.17) is 0 Å². The number of amides is 1. The van der Waals surface area contributed by atoms with E-state index in [0.29, 0.717) is 33.5 Å². The lowest BCUT2D eigenvalue weighted by Crippen LogP contribution is -2.60. The molecule has 1 saturated carbocycles. The van der Waals surface area contributed by atoms with Crippen LogP contribution in [0.4, 0.5) is 8.78 Å². The van der Waals surface area contributed by atoms with E-state index in [1.807, 2.05) is 6.07 Å². The highest BCUT2D eigenvalue weighted by molar-refractivity contribution is 5.93. The zero-order chi connectivity index (χ0) is 27.3. The minimum Gasteiger partial charge on any atom is -0.508 e. The van der Waals surface area contributed by atoms with Crippen molar-refractivity contribution >= 4 is 16.8 Å². The number of aromatic nitrogens is 2. The Bertz CT molecular complexity index is 1650. The summed E-state index contributed by atoms with van der Waals surface area (Å²) in [4.78, 5) is 23.1. The molecule has 3 heterocycles. The zero-order valence-corrected chi connectivity index (χ0v) is 21.7. The third kappa shape index (κ3) is 4.75. The molecule has 0 bridgehead atoms. The van der Waals surface area contributed by atoms with E-state index in [0.717, 1.165) is 38.1 Å². The number of fused-ring (bicyclic) bond motifs is 1. The van der Waals surface area contributed by atoms with E-state index in [1.165, 1.54) is 6.07 Å². The Kier molecular flexibility index (Phi) is 6.12. The van der Waals surface area contributed by atoms with Crippen LogP contribution in [0.15, 0.2) is 54.6 Å². The first kappa shape index (κ1) is 25.1. The number of aromatic amines is 1. The van der Waals surface area contributed by atoms with Crippen molar-refractivity contribution in [1.82, 2.24) is 20.2 Å². The number of pyridine rings is 1. The third-order valence-electron chi connectivity index (χ3n) is 7.71. The molecule has 1 aliphatic carbocycles. The molecule has 6 rings (SSSR count). The number of nitrogens with one attached hydrogen (secondary N) is 2. The van der Waals surface area contributed by atoms with E-state index in [1.54, 1.807) is 37.3 Å². The number of phenols is 1. The van der Waals surface area contributed by atoms with Gasteiger partial charge in [0.1, 0.15) is 23.3 Å². The second kappa shape index (κ2) is 9.51. The third-order valence-corrected chi connectivity index (χ3v) is 7.71. The minimum absolute atomic E-state index is 0.00123. The zero-order valence-electron chi connectivity index (χ0n) is 21.7. The number of rotatable bonds is 4. The molecule has 0 unspecified atom stereocenters. The van der Waals surface area contributed by atoms with Crippen LogP contribution >= 0.6 is 0 Å².